The van der Waals surface area contributed by atoms with Crippen LogP contribution in [0.15, 0.2) is 17.5 Å². The molecule has 1 aromatic heterocycles. The highest BCUT2D eigenvalue weighted by molar-refractivity contribution is 7.09. The van der Waals surface area contributed by atoms with E-state index in [1.807, 2.05) is 11.3 Å². The third kappa shape index (κ3) is 3.34. The summed E-state index contributed by atoms with van der Waals surface area (Å²) >= 11 is 1.88. The number of likely N-dealkylation sites (tertiary alicyclic amines) is 1. The van der Waals surface area contributed by atoms with Crippen molar-refractivity contribution >= 4 is 11.3 Å². The summed E-state index contributed by atoms with van der Waals surface area (Å²) in [5, 5.41) is 5.81. The molecule has 0 saturated carbocycles. The second-order valence-corrected chi connectivity index (χ2v) is 6.45. The molecule has 0 amide bonds. The first-order chi connectivity index (χ1) is 8.72. The minimum atomic E-state index is 0.697. The normalized spacial score (nSPS) is 29.6. The van der Waals surface area contributed by atoms with E-state index >= 15 is 0 Å². The fourth-order valence-corrected chi connectivity index (χ4v) is 3.71. The molecule has 1 N–H and O–H groups in total. The van der Waals surface area contributed by atoms with Gasteiger partial charge in [0.1, 0.15) is 0 Å². The van der Waals surface area contributed by atoms with Crippen LogP contribution in [0.5, 0.6) is 0 Å². The molecule has 1 fully saturated rings. The van der Waals surface area contributed by atoms with Crippen LogP contribution < -0.4 is 5.32 Å². The van der Waals surface area contributed by atoms with Crippen molar-refractivity contribution in [2.45, 2.75) is 45.7 Å². The van der Waals surface area contributed by atoms with E-state index in [-0.39, 0.29) is 0 Å². The van der Waals surface area contributed by atoms with E-state index < -0.39 is 0 Å². The molecule has 2 rings (SSSR count). The van der Waals surface area contributed by atoms with Crippen LogP contribution in [0, 0.1) is 5.92 Å². The number of thiophene rings is 1. The van der Waals surface area contributed by atoms with Gasteiger partial charge in [-0.25, -0.2) is 0 Å². The number of rotatable bonds is 5. The lowest BCUT2D eigenvalue weighted by molar-refractivity contribution is 0.0869. The summed E-state index contributed by atoms with van der Waals surface area (Å²) in [4.78, 5) is 4.18. The second kappa shape index (κ2) is 6.69. The first kappa shape index (κ1) is 14.0. The van der Waals surface area contributed by atoms with Crippen LogP contribution in [-0.4, -0.2) is 36.6 Å². The van der Waals surface area contributed by atoms with E-state index in [4.69, 9.17) is 0 Å². The quantitative estimate of drug-likeness (QED) is 0.881. The van der Waals surface area contributed by atoms with Gasteiger partial charge in [0.25, 0.3) is 0 Å². The summed E-state index contributed by atoms with van der Waals surface area (Å²) in [5.41, 5.74) is 0. The fraction of sp³-hybridized carbons (Fsp3) is 0.733. The zero-order chi connectivity index (χ0) is 13.0. The highest BCUT2D eigenvalue weighted by Crippen LogP contribution is 2.24. The van der Waals surface area contributed by atoms with Crippen molar-refractivity contribution in [3.63, 3.8) is 0 Å². The maximum atomic E-state index is 3.63. The third-order valence-electron chi connectivity index (χ3n) is 4.39. The highest BCUT2D eigenvalue weighted by Gasteiger charge is 2.31. The molecule has 2 nitrogen and oxygen atoms in total. The van der Waals surface area contributed by atoms with Gasteiger partial charge in [-0.15, -0.1) is 11.3 Å². The number of hydrogen-bond acceptors (Lipinski definition) is 3. The van der Waals surface area contributed by atoms with Crippen molar-refractivity contribution in [2.75, 3.05) is 19.6 Å². The average Bonchev–Trinajstić information content (AvgIpc) is 2.87. The molecule has 3 unspecified atom stereocenters. The summed E-state index contributed by atoms with van der Waals surface area (Å²) < 4.78 is 0. The van der Waals surface area contributed by atoms with Gasteiger partial charge in [-0.1, -0.05) is 19.9 Å². The van der Waals surface area contributed by atoms with E-state index in [9.17, 15) is 0 Å². The van der Waals surface area contributed by atoms with Crippen molar-refractivity contribution in [1.29, 1.82) is 0 Å². The Balaban J connectivity index is 1.84. The molecule has 3 heteroatoms. The van der Waals surface area contributed by atoms with Crippen molar-refractivity contribution in [1.82, 2.24) is 10.2 Å². The molecule has 1 saturated heterocycles. The van der Waals surface area contributed by atoms with Gasteiger partial charge in [-0.3, -0.25) is 4.90 Å². The summed E-state index contributed by atoms with van der Waals surface area (Å²) in [6, 6.07) is 5.82. The lowest BCUT2D eigenvalue weighted by Crippen LogP contribution is -2.53. The van der Waals surface area contributed by atoms with Gasteiger partial charge in [-0.2, -0.15) is 0 Å². The maximum Gasteiger partial charge on any atom is 0.0120 e. The Hall–Kier alpha value is -0.380. The second-order valence-electron chi connectivity index (χ2n) is 5.42. The molecule has 0 spiro atoms. The molecule has 0 aromatic carbocycles. The molecule has 1 aliphatic rings. The Morgan fingerprint density at radius 1 is 1.44 bits per heavy atom. The SMILES string of the molecule is CCNC1CCN(CCc2cccs2)C(C)C1C. The molecular weight excluding hydrogens is 240 g/mol. The van der Waals surface area contributed by atoms with Crippen molar-refractivity contribution < 1.29 is 0 Å². The largest absolute Gasteiger partial charge is 0.314 e. The van der Waals surface area contributed by atoms with Gasteiger partial charge in [0.15, 0.2) is 0 Å². The van der Waals surface area contributed by atoms with Gasteiger partial charge in [0.05, 0.1) is 0 Å². The molecule has 1 aromatic rings. The van der Waals surface area contributed by atoms with Crippen LogP contribution in [0.1, 0.15) is 32.1 Å². The van der Waals surface area contributed by atoms with Gasteiger partial charge < -0.3 is 5.32 Å². The minimum absolute atomic E-state index is 0.697. The molecule has 0 radical (unpaired) electrons. The topological polar surface area (TPSA) is 15.3 Å². The van der Waals surface area contributed by atoms with Crippen molar-refractivity contribution in [3.05, 3.63) is 22.4 Å². The van der Waals surface area contributed by atoms with E-state index in [0.717, 1.165) is 12.5 Å². The van der Waals surface area contributed by atoms with Crippen LogP contribution in [0.2, 0.25) is 0 Å². The predicted molar refractivity (Wildman–Crippen MR) is 80.3 cm³/mol. The molecule has 18 heavy (non-hydrogen) atoms. The van der Waals surface area contributed by atoms with E-state index in [0.29, 0.717) is 12.1 Å². The van der Waals surface area contributed by atoms with Gasteiger partial charge in [0, 0.05) is 23.5 Å². The summed E-state index contributed by atoms with van der Waals surface area (Å²) in [7, 11) is 0. The average molecular weight is 266 g/mol. The molecule has 0 aliphatic carbocycles. The number of nitrogens with one attached hydrogen (secondary N) is 1. The molecule has 1 aliphatic heterocycles. The number of piperidine rings is 1. The number of hydrogen-bond donors (Lipinski definition) is 1. The van der Waals surface area contributed by atoms with E-state index in [1.165, 1.54) is 30.8 Å². The van der Waals surface area contributed by atoms with Crippen molar-refractivity contribution in [3.8, 4) is 0 Å². The highest BCUT2D eigenvalue weighted by atomic mass is 32.1. The predicted octanol–water partition coefficient (Wildman–Crippen LogP) is 3.00. The standard InChI is InChI=1S/C15H26N2S/c1-4-16-15-8-10-17(13(3)12(15)2)9-7-14-6-5-11-18-14/h5-6,11-13,15-16H,4,7-10H2,1-3H3. The minimum Gasteiger partial charge on any atom is -0.314 e. The first-order valence-electron chi connectivity index (χ1n) is 7.22. The third-order valence-corrected chi connectivity index (χ3v) is 5.33. The lowest BCUT2D eigenvalue weighted by Gasteiger charge is -2.43. The molecule has 102 valence electrons. The van der Waals surface area contributed by atoms with E-state index in [2.05, 4.69) is 48.5 Å². The fourth-order valence-electron chi connectivity index (χ4n) is 3.01. The van der Waals surface area contributed by atoms with E-state index in [1.54, 1.807) is 0 Å². The van der Waals surface area contributed by atoms with Gasteiger partial charge in [-0.05, 0) is 50.2 Å². The first-order valence-corrected chi connectivity index (χ1v) is 8.10. The molecule has 3 atom stereocenters. The zero-order valence-electron chi connectivity index (χ0n) is 11.9. The number of nitrogens with zero attached hydrogens (tertiary/aromatic N) is 1. The van der Waals surface area contributed by atoms with Gasteiger partial charge in [0.2, 0.25) is 0 Å². The van der Waals surface area contributed by atoms with Crippen LogP contribution >= 0.6 is 11.3 Å². The monoisotopic (exact) mass is 266 g/mol. The molecular formula is C15H26N2S. The van der Waals surface area contributed by atoms with Crippen molar-refractivity contribution in [2.24, 2.45) is 5.92 Å². The lowest BCUT2D eigenvalue weighted by atomic mass is 9.87. The van der Waals surface area contributed by atoms with Gasteiger partial charge >= 0.3 is 0 Å². The Labute approximate surface area is 115 Å². The maximum absolute atomic E-state index is 3.63. The smallest absolute Gasteiger partial charge is 0.0120 e. The summed E-state index contributed by atoms with van der Waals surface area (Å²) in [6.45, 7) is 10.6. The molecule has 2 heterocycles. The van der Waals surface area contributed by atoms with Crippen LogP contribution in [0.3, 0.4) is 0 Å². The summed E-state index contributed by atoms with van der Waals surface area (Å²) in [6.07, 6.45) is 2.50. The Kier molecular flexibility index (Phi) is 5.22. The Morgan fingerprint density at radius 3 is 2.94 bits per heavy atom. The van der Waals surface area contributed by atoms with Crippen LogP contribution in [-0.2, 0) is 6.42 Å². The summed E-state index contributed by atoms with van der Waals surface area (Å²) in [5.74, 6) is 0.752. The molecule has 0 bridgehead atoms. The Bertz CT molecular complexity index is 336. The van der Waals surface area contributed by atoms with Crippen LogP contribution in [0.4, 0.5) is 0 Å². The zero-order valence-corrected chi connectivity index (χ0v) is 12.7. The Morgan fingerprint density at radius 2 is 2.28 bits per heavy atom. The van der Waals surface area contributed by atoms with Crippen LogP contribution in [0.25, 0.3) is 0 Å².